The third-order valence-electron chi connectivity index (χ3n) is 1.91. The summed E-state index contributed by atoms with van der Waals surface area (Å²) in [6, 6.07) is 8.01. The predicted octanol–water partition coefficient (Wildman–Crippen LogP) is 1.97. The fraction of sp³-hybridized carbons (Fsp3) is 0.200. The lowest BCUT2D eigenvalue weighted by molar-refractivity contribution is 0.989. The van der Waals surface area contributed by atoms with E-state index < -0.39 is 0 Å². The Bertz CT molecular complexity index is 419. The van der Waals surface area contributed by atoms with Gasteiger partial charge in [0.25, 0.3) is 0 Å². The lowest BCUT2D eigenvalue weighted by atomic mass is 10.3. The molecule has 0 saturated heterocycles. The first-order valence-corrected chi connectivity index (χ1v) is 5.21. The Balaban J connectivity index is 2.34. The molecule has 0 amide bonds. The van der Waals surface area contributed by atoms with Gasteiger partial charge in [0, 0.05) is 11.4 Å². The molecule has 2 rings (SSSR count). The van der Waals surface area contributed by atoms with E-state index in [0.29, 0.717) is 6.54 Å². The molecule has 2 N–H and O–H groups in total. The van der Waals surface area contributed by atoms with Crippen LogP contribution in [0.4, 0.5) is 0 Å². The zero-order chi connectivity index (χ0) is 9.97. The van der Waals surface area contributed by atoms with Crippen LogP contribution in [0.3, 0.4) is 0 Å². The molecule has 0 bridgehead atoms. The van der Waals surface area contributed by atoms with Gasteiger partial charge in [-0.2, -0.15) is 5.10 Å². The minimum Gasteiger partial charge on any atom is -0.326 e. The van der Waals surface area contributed by atoms with Crippen LogP contribution in [-0.2, 0) is 6.54 Å². The first kappa shape index (κ1) is 9.30. The molecule has 4 heteroatoms. The number of rotatable bonds is 2. The van der Waals surface area contributed by atoms with E-state index in [1.807, 2.05) is 31.2 Å². The quantitative estimate of drug-likeness (QED) is 0.815. The molecule has 0 unspecified atom stereocenters. The van der Waals surface area contributed by atoms with Crippen molar-refractivity contribution < 1.29 is 0 Å². The van der Waals surface area contributed by atoms with Gasteiger partial charge >= 0.3 is 0 Å². The predicted molar refractivity (Wildman–Crippen MR) is 58.0 cm³/mol. The summed E-state index contributed by atoms with van der Waals surface area (Å²) in [5.41, 5.74) is 7.39. The summed E-state index contributed by atoms with van der Waals surface area (Å²) >= 11 is 1.66. The van der Waals surface area contributed by atoms with Crippen molar-refractivity contribution >= 4 is 11.3 Å². The number of aryl methyl sites for hydroxylation is 1. The first-order valence-electron chi connectivity index (χ1n) is 4.39. The molecule has 14 heavy (non-hydrogen) atoms. The van der Waals surface area contributed by atoms with Crippen molar-refractivity contribution in [3.05, 3.63) is 34.8 Å². The van der Waals surface area contributed by atoms with Gasteiger partial charge in [0.1, 0.15) is 5.69 Å². The van der Waals surface area contributed by atoms with Gasteiger partial charge in [-0.1, -0.05) is 0 Å². The van der Waals surface area contributed by atoms with Crippen molar-refractivity contribution in [3.63, 3.8) is 0 Å². The molecular weight excluding hydrogens is 194 g/mol. The zero-order valence-electron chi connectivity index (χ0n) is 7.90. The number of nitrogens with zero attached hydrogens (tertiary/aromatic N) is 2. The Labute approximate surface area is 86.6 Å². The Kier molecular flexibility index (Phi) is 2.56. The lowest BCUT2D eigenvalue weighted by Gasteiger charge is -1.94. The van der Waals surface area contributed by atoms with E-state index in [9.17, 15) is 0 Å². The Morgan fingerprint density at radius 3 is 2.64 bits per heavy atom. The van der Waals surface area contributed by atoms with Crippen molar-refractivity contribution in [1.82, 2.24) is 10.2 Å². The largest absolute Gasteiger partial charge is 0.326 e. The molecule has 2 aromatic rings. The summed E-state index contributed by atoms with van der Waals surface area (Å²) in [5.74, 6) is 0. The van der Waals surface area contributed by atoms with Gasteiger partial charge in [-0.25, -0.2) is 0 Å². The van der Waals surface area contributed by atoms with Crippen molar-refractivity contribution in [1.29, 1.82) is 0 Å². The molecule has 72 valence electrons. The molecule has 0 radical (unpaired) electrons. The molecule has 0 aliphatic carbocycles. The van der Waals surface area contributed by atoms with Crippen LogP contribution in [0.5, 0.6) is 0 Å². The smallest absolute Gasteiger partial charge is 0.103 e. The second-order valence-corrected chi connectivity index (χ2v) is 4.20. The summed E-state index contributed by atoms with van der Waals surface area (Å²) in [7, 11) is 0. The molecule has 2 aromatic heterocycles. The molecule has 0 aromatic carbocycles. The fourth-order valence-electron chi connectivity index (χ4n) is 1.16. The molecule has 3 nitrogen and oxygen atoms in total. The molecule has 0 aliphatic heterocycles. The van der Waals surface area contributed by atoms with E-state index in [2.05, 4.69) is 10.2 Å². The summed E-state index contributed by atoms with van der Waals surface area (Å²) in [6.07, 6.45) is 0. The van der Waals surface area contributed by atoms with E-state index in [0.717, 1.165) is 16.3 Å². The Morgan fingerprint density at radius 2 is 2.07 bits per heavy atom. The monoisotopic (exact) mass is 205 g/mol. The van der Waals surface area contributed by atoms with Crippen LogP contribution in [0.15, 0.2) is 24.3 Å². The van der Waals surface area contributed by atoms with Crippen molar-refractivity contribution in [2.75, 3.05) is 0 Å². The number of hydrogen-bond acceptors (Lipinski definition) is 4. The van der Waals surface area contributed by atoms with E-state index in [1.165, 1.54) is 4.88 Å². The summed E-state index contributed by atoms with van der Waals surface area (Å²) in [5, 5.41) is 8.13. The van der Waals surface area contributed by atoms with Gasteiger partial charge in [0.05, 0.1) is 10.6 Å². The van der Waals surface area contributed by atoms with Crippen LogP contribution in [0.25, 0.3) is 10.6 Å². The molecule has 0 saturated carbocycles. The summed E-state index contributed by atoms with van der Waals surface area (Å²) in [4.78, 5) is 2.29. The van der Waals surface area contributed by atoms with Crippen molar-refractivity contribution in [2.24, 2.45) is 5.73 Å². The van der Waals surface area contributed by atoms with E-state index >= 15 is 0 Å². The Hall–Kier alpha value is -1.26. The van der Waals surface area contributed by atoms with Gasteiger partial charge < -0.3 is 5.73 Å². The van der Waals surface area contributed by atoms with Crippen molar-refractivity contribution in [2.45, 2.75) is 13.5 Å². The molecule has 0 spiro atoms. The summed E-state index contributed by atoms with van der Waals surface area (Å²) < 4.78 is 0. The molecule has 0 aliphatic rings. The topological polar surface area (TPSA) is 51.8 Å². The minimum absolute atomic E-state index is 0.587. The van der Waals surface area contributed by atoms with Crippen LogP contribution in [-0.4, -0.2) is 10.2 Å². The summed E-state index contributed by atoms with van der Waals surface area (Å²) in [6.45, 7) is 2.51. The minimum atomic E-state index is 0.587. The van der Waals surface area contributed by atoms with Crippen molar-refractivity contribution in [3.8, 4) is 10.6 Å². The van der Waals surface area contributed by atoms with E-state index in [-0.39, 0.29) is 0 Å². The maximum absolute atomic E-state index is 5.54. The highest BCUT2D eigenvalue weighted by Gasteiger charge is 2.03. The van der Waals surface area contributed by atoms with E-state index in [4.69, 9.17) is 5.73 Å². The Morgan fingerprint density at radius 1 is 1.21 bits per heavy atom. The van der Waals surface area contributed by atoms with Gasteiger partial charge in [0.2, 0.25) is 0 Å². The third-order valence-corrected chi connectivity index (χ3v) is 3.04. The van der Waals surface area contributed by atoms with Crippen LogP contribution >= 0.6 is 11.3 Å². The second-order valence-electron chi connectivity index (χ2n) is 3.03. The molecule has 0 fully saturated rings. The average Bonchev–Trinajstić information content (AvgIpc) is 2.67. The van der Waals surface area contributed by atoms with Crippen LogP contribution in [0.2, 0.25) is 0 Å². The maximum atomic E-state index is 5.54. The number of thiophene rings is 1. The SMILES string of the molecule is Cc1ccc(-c2ccc(CN)s2)nn1. The van der Waals surface area contributed by atoms with Gasteiger partial charge in [-0.3, -0.25) is 0 Å². The average molecular weight is 205 g/mol. The highest BCUT2D eigenvalue weighted by atomic mass is 32.1. The third kappa shape index (κ3) is 1.81. The fourth-order valence-corrected chi connectivity index (χ4v) is 2.01. The highest BCUT2D eigenvalue weighted by molar-refractivity contribution is 7.15. The van der Waals surface area contributed by atoms with Gasteiger partial charge in [0.15, 0.2) is 0 Å². The normalized spacial score (nSPS) is 10.4. The van der Waals surface area contributed by atoms with Crippen LogP contribution in [0, 0.1) is 6.92 Å². The van der Waals surface area contributed by atoms with E-state index in [1.54, 1.807) is 11.3 Å². The molecular formula is C10H11N3S. The van der Waals surface area contributed by atoms with Gasteiger partial charge in [-0.15, -0.1) is 16.4 Å². The number of hydrogen-bond donors (Lipinski definition) is 1. The molecule has 2 heterocycles. The number of nitrogens with two attached hydrogens (primary N) is 1. The number of aromatic nitrogens is 2. The van der Waals surface area contributed by atoms with Crippen LogP contribution in [0.1, 0.15) is 10.6 Å². The molecule has 0 atom stereocenters. The standard InChI is InChI=1S/C10H11N3S/c1-7-2-4-9(13-12-7)10-5-3-8(6-11)14-10/h2-5H,6,11H2,1H3. The second kappa shape index (κ2) is 3.86. The highest BCUT2D eigenvalue weighted by Crippen LogP contribution is 2.25. The first-order chi connectivity index (χ1) is 6.79. The van der Waals surface area contributed by atoms with Crippen LogP contribution < -0.4 is 5.73 Å². The maximum Gasteiger partial charge on any atom is 0.103 e. The lowest BCUT2D eigenvalue weighted by Crippen LogP contribution is -1.91. The van der Waals surface area contributed by atoms with Gasteiger partial charge in [-0.05, 0) is 31.2 Å². The zero-order valence-corrected chi connectivity index (χ0v) is 8.71.